The lowest BCUT2D eigenvalue weighted by molar-refractivity contribution is -0.120. The van der Waals surface area contributed by atoms with Gasteiger partial charge in [0.15, 0.2) is 0 Å². The highest BCUT2D eigenvalue weighted by atomic mass is 35.5. The summed E-state index contributed by atoms with van der Waals surface area (Å²) in [6, 6.07) is 2.38. The second-order valence-electron chi connectivity index (χ2n) is 5.71. The number of ether oxygens (including phenoxy) is 1. The third-order valence-electron chi connectivity index (χ3n) is 3.89. The van der Waals surface area contributed by atoms with Crippen LogP contribution in [0.15, 0.2) is 18.2 Å². The van der Waals surface area contributed by atoms with E-state index in [1.807, 2.05) is 5.32 Å². The van der Waals surface area contributed by atoms with Gasteiger partial charge in [0.1, 0.15) is 0 Å². The van der Waals surface area contributed by atoms with E-state index in [0.29, 0.717) is 0 Å². The van der Waals surface area contributed by atoms with Crippen LogP contribution < -0.4 is 15.0 Å². The van der Waals surface area contributed by atoms with Gasteiger partial charge in [-0.15, -0.1) is 0 Å². The van der Waals surface area contributed by atoms with Crippen molar-refractivity contribution in [2.75, 3.05) is 11.4 Å². The van der Waals surface area contributed by atoms with Gasteiger partial charge in [0.2, 0.25) is 40.7 Å². The summed E-state index contributed by atoms with van der Waals surface area (Å²) in [7, 11) is 0. The molecule has 0 radical (unpaired) electrons. The van der Waals surface area contributed by atoms with E-state index >= 15 is 0 Å². The van der Waals surface area contributed by atoms with Gasteiger partial charge in [0.25, 0.3) is 0 Å². The van der Waals surface area contributed by atoms with E-state index in [4.69, 9.17) is 11.6 Å². The molecule has 1 fully saturated rings. The van der Waals surface area contributed by atoms with Crippen LogP contribution in [0.5, 0.6) is 5.75 Å². The Balaban J connectivity index is 1.94. The smallest absolute Gasteiger partial charge is 0.343 e. The Morgan fingerprint density at radius 1 is 1.00 bits per heavy atom. The molecular formula is C17H8ClF5N2O4. The molecule has 6 nitrogen and oxygen atoms in total. The predicted octanol–water partition coefficient (Wildman–Crippen LogP) is 3.70. The number of hydrogen-bond acceptors (Lipinski definition) is 4. The average Bonchev–Trinajstić information content (AvgIpc) is 2.69. The molecule has 1 aliphatic heterocycles. The van der Waals surface area contributed by atoms with Crippen LogP contribution in [0.3, 0.4) is 0 Å². The monoisotopic (exact) mass is 434 g/mol. The zero-order valence-corrected chi connectivity index (χ0v) is 14.8. The molecule has 29 heavy (non-hydrogen) atoms. The highest BCUT2D eigenvalue weighted by molar-refractivity contribution is 6.34. The number of benzene rings is 2. The molecular weight excluding hydrogens is 427 g/mol. The highest BCUT2D eigenvalue weighted by Crippen LogP contribution is 2.32. The summed E-state index contributed by atoms with van der Waals surface area (Å²) < 4.78 is 71.3. The molecule has 0 unspecified atom stereocenters. The van der Waals surface area contributed by atoms with Crippen LogP contribution in [0.4, 0.5) is 32.4 Å². The van der Waals surface area contributed by atoms with Gasteiger partial charge in [-0.2, -0.15) is 8.78 Å². The Morgan fingerprint density at radius 3 is 2.17 bits per heavy atom. The number of esters is 1. The molecule has 3 amide bonds. The molecule has 0 bridgehead atoms. The Morgan fingerprint density at radius 2 is 1.59 bits per heavy atom. The van der Waals surface area contributed by atoms with Gasteiger partial charge < -0.3 is 4.74 Å². The van der Waals surface area contributed by atoms with Crippen molar-refractivity contribution in [2.45, 2.75) is 6.42 Å². The van der Waals surface area contributed by atoms with Gasteiger partial charge >= 0.3 is 12.0 Å². The van der Waals surface area contributed by atoms with Crippen molar-refractivity contribution in [1.29, 1.82) is 0 Å². The number of amides is 3. The second-order valence-corrected chi connectivity index (χ2v) is 6.12. The summed E-state index contributed by atoms with van der Waals surface area (Å²) in [6.45, 7) is -0.0689. The molecule has 3 rings (SSSR count). The number of halogens is 6. The van der Waals surface area contributed by atoms with E-state index in [0.717, 1.165) is 23.1 Å². The van der Waals surface area contributed by atoms with Crippen molar-refractivity contribution < 1.29 is 41.1 Å². The fraction of sp³-hybridized carbons (Fsp3) is 0.118. The summed E-state index contributed by atoms with van der Waals surface area (Å²) in [4.78, 5) is 36.4. The molecule has 1 heterocycles. The van der Waals surface area contributed by atoms with E-state index in [9.17, 15) is 36.3 Å². The Bertz CT molecular complexity index is 1030. The molecule has 1 saturated heterocycles. The first-order chi connectivity index (χ1) is 13.6. The van der Waals surface area contributed by atoms with Crippen LogP contribution in [-0.2, 0) is 4.79 Å². The lowest BCUT2D eigenvalue weighted by Gasteiger charge is -2.27. The Hall–Kier alpha value is -3.21. The van der Waals surface area contributed by atoms with Crippen LogP contribution in [0, 0.1) is 29.1 Å². The maximum absolute atomic E-state index is 13.7. The molecule has 0 atom stereocenters. The van der Waals surface area contributed by atoms with Crippen LogP contribution in [0.25, 0.3) is 0 Å². The minimum Gasteiger partial charge on any atom is -0.416 e. The van der Waals surface area contributed by atoms with E-state index in [2.05, 4.69) is 4.74 Å². The molecule has 0 aliphatic carbocycles. The van der Waals surface area contributed by atoms with E-state index in [1.165, 1.54) is 0 Å². The lowest BCUT2D eigenvalue weighted by atomic mass is 10.1. The fourth-order valence-corrected chi connectivity index (χ4v) is 2.69. The van der Waals surface area contributed by atoms with E-state index in [-0.39, 0.29) is 23.7 Å². The fourth-order valence-electron chi connectivity index (χ4n) is 2.47. The Kier molecular flexibility index (Phi) is 5.42. The highest BCUT2D eigenvalue weighted by Gasteiger charge is 2.30. The van der Waals surface area contributed by atoms with Crippen molar-refractivity contribution in [3.8, 4) is 5.75 Å². The minimum atomic E-state index is -2.40. The van der Waals surface area contributed by atoms with Gasteiger partial charge in [-0.1, -0.05) is 11.6 Å². The van der Waals surface area contributed by atoms with Crippen molar-refractivity contribution in [2.24, 2.45) is 0 Å². The number of nitrogens with one attached hydrogen (secondary N) is 1. The molecule has 0 saturated carbocycles. The van der Waals surface area contributed by atoms with Gasteiger partial charge in [-0.05, 0) is 18.2 Å². The van der Waals surface area contributed by atoms with Gasteiger partial charge in [0.05, 0.1) is 16.3 Å². The number of rotatable bonds is 3. The average molecular weight is 435 g/mol. The topological polar surface area (TPSA) is 75.7 Å². The zero-order valence-electron chi connectivity index (χ0n) is 14.0. The third kappa shape index (κ3) is 3.73. The summed E-state index contributed by atoms with van der Waals surface area (Å²) in [5, 5.41) is 2.02. The normalized spacial score (nSPS) is 14.1. The molecule has 152 valence electrons. The SMILES string of the molecule is O=C1CCN(c2cc(C(=O)Oc3c(F)c(F)c(F)c(F)c3F)ccc2Cl)C(=O)N1. The molecule has 2 aromatic rings. The van der Waals surface area contributed by atoms with Gasteiger partial charge in [-0.25, -0.2) is 22.8 Å². The third-order valence-corrected chi connectivity index (χ3v) is 4.21. The molecule has 12 heteroatoms. The number of nitrogens with zero attached hydrogens (tertiary/aromatic N) is 1. The Labute approximate surface area is 163 Å². The number of urea groups is 1. The van der Waals surface area contributed by atoms with Crippen molar-refractivity contribution in [3.05, 3.63) is 57.9 Å². The first kappa shape index (κ1) is 20.5. The van der Waals surface area contributed by atoms with Crippen molar-refractivity contribution >= 4 is 35.2 Å². The number of anilines is 1. The zero-order chi connectivity index (χ0) is 21.5. The molecule has 0 spiro atoms. The standard InChI is InChI=1S/C17H8ClF5N2O4/c18-7-2-1-6(5-8(7)25-4-3-9(26)24-17(25)28)16(27)29-15-13(22)11(20)10(19)12(21)14(15)23/h1-2,5H,3-4H2,(H,24,26,28). The molecule has 2 aromatic carbocycles. The van der Waals surface area contributed by atoms with Crippen molar-refractivity contribution in [1.82, 2.24) is 5.32 Å². The summed E-state index contributed by atoms with van der Waals surface area (Å²) in [6.07, 6.45) is -0.0543. The first-order valence-corrected chi connectivity index (χ1v) is 8.14. The number of carbonyl (C=O) groups excluding carboxylic acids is 3. The van der Waals surface area contributed by atoms with Gasteiger partial charge in [0, 0.05) is 13.0 Å². The number of carbonyl (C=O) groups is 3. The van der Waals surface area contributed by atoms with Crippen LogP contribution in [0.1, 0.15) is 16.8 Å². The molecule has 1 N–H and O–H groups in total. The summed E-state index contributed by atoms with van der Waals surface area (Å²) >= 11 is 5.99. The number of hydrogen-bond donors (Lipinski definition) is 1. The quantitative estimate of drug-likeness (QED) is 0.263. The van der Waals surface area contributed by atoms with E-state index in [1.54, 1.807) is 0 Å². The first-order valence-electron chi connectivity index (χ1n) is 7.76. The van der Waals surface area contributed by atoms with Crippen LogP contribution >= 0.6 is 11.6 Å². The van der Waals surface area contributed by atoms with Gasteiger partial charge in [-0.3, -0.25) is 15.0 Å². The maximum atomic E-state index is 13.7. The summed E-state index contributed by atoms with van der Waals surface area (Å²) in [5.74, 6) is -15.4. The predicted molar refractivity (Wildman–Crippen MR) is 88.1 cm³/mol. The van der Waals surface area contributed by atoms with Crippen LogP contribution in [0.2, 0.25) is 5.02 Å². The minimum absolute atomic E-state index is 0.0118. The van der Waals surface area contributed by atoms with Crippen molar-refractivity contribution in [3.63, 3.8) is 0 Å². The molecule has 0 aromatic heterocycles. The lowest BCUT2D eigenvalue weighted by Crippen LogP contribution is -2.49. The largest absolute Gasteiger partial charge is 0.416 e. The summed E-state index contributed by atoms with van der Waals surface area (Å²) in [5.41, 5.74) is -0.443. The van der Waals surface area contributed by atoms with E-state index < -0.39 is 58.3 Å². The molecule has 1 aliphatic rings. The second kappa shape index (κ2) is 7.66. The maximum Gasteiger partial charge on any atom is 0.343 e. The number of imide groups is 1. The van der Waals surface area contributed by atoms with Crippen LogP contribution in [-0.4, -0.2) is 24.5 Å².